The van der Waals surface area contributed by atoms with Crippen LogP contribution in [0.15, 0.2) is 47.5 Å². The molecule has 3 aromatic heterocycles. The Morgan fingerprint density at radius 1 is 1.08 bits per heavy atom. The molecular weight excluding hydrogens is 664 g/mol. The van der Waals surface area contributed by atoms with Gasteiger partial charge in [0.25, 0.3) is 0 Å². The molecule has 0 radical (unpaired) electrons. The number of benzene rings is 1. The van der Waals surface area contributed by atoms with Gasteiger partial charge in [0, 0.05) is 24.6 Å². The Kier molecular flexibility index (Phi) is 10.3. The number of carboxylic acid groups (broad SMARTS) is 1. The van der Waals surface area contributed by atoms with Gasteiger partial charge in [-0.3, -0.25) is 19.0 Å². The van der Waals surface area contributed by atoms with Gasteiger partial charge in [0.2, 0.25) is 12.2 Å². The Labute approximate surface area is 281 Å². The number of Topliss-reactive ketones (excluding diaryl/α,β-unsaturated/α-hetero) is 1. The van der Waals surface area contributed by atoms with Crippen LogP contribution in [-0.2, 0) is 25.5 Å². The second kappa shape index (κ2) is 14.4. The number of halogens is 2. The number of nitrogen functional groups attached to an aromatic ring is 3. The minimum absolute atomic E-state index is 0.00894. The molecule has 8 N–H and O–H groups in total. The lowest BCUT2D eigenvalue weighted by molar-refractivity contribution is -0.151. The van der Waals surface area contributed by atoms with Gasteiger partial charge in [-0.05, 0) is 30.4 Å². The van der Waals surface area contributed by atoms with E-state index >= 15 is 0 Å². The maximum absolute atomic E-state index is 14.7. The quantitative estimate of drug-likeness (QED) is 0.0971. The van der Waals surface area contributed by atoms with E-state index in [-0.39, 0.29) is 41.1 Å². The number of fused-ring (bicyclic) bond motifs is 1. The number of hydrogen-bond donors (Lipinski definition) is 5. The fraction of sp³-hybridized carbons (Fsp3) is 0.387. The first-order valence-corrected chi connectivity index (χ1v) is 15.3. The summed E-state index contributed by atoms with van der Waals surface area (Å²) in [6.07, 6.45) is -4.58. The minimum atomic E-state index is -3.95. The molecule has 1 aliphatic heterocycles. The normalized spacial score (nSPS) is 19.6. The summed E-state index contributed by atoms with van der Waals surface area (Å²) < 4.78 is 40.0. The standard InChI is InChI=1S/C31H33F2N9O8/c1-14(10-18-12-37-26-23(38-18)25(35)40-29(36)41-26)15-2-4-16(5-3-15)19(43)11-17(27(46)47)6-7-22(44)49-13-20-24(45)31(32,33)28(50-20)42-9-8-21(34)39-30(42)48/h2-5,8-9,12,14,17,20,24,28,45H,6-7,10-11,13H2,1H3,(H,46,47)(H2,34,39,48)(H4,35,36,37,40,41)/t14?,17?,20-,24?,28-/m1/s1. The van der Waals surface area contributed by atoms with Crippen molar-refractivity contribution in [1.29, 1.82) is 0 Å². The van der Waals surface area contributed by atoms with Gasteiger partial charge < -0.3 is 36.9 Å². The van der Waals surface area contributed by atoms with Crippen LogP contribution >= 0.6 is 0 Å². The maximum atomic E-state index is 14.7. The third kappa shape index (κ3) is 7.78. The van der Waals surface area contributed by atoms with Crippen LogP contribution < -0.4 is 22.9 Å². The highest BCUT2D eigenvalue weighted by Gasteiger charge is 2.60. The first-order valence-electron chi connectivity index (χ1n) is 15.3. The molecule has 0 aliphatic carbocycles. The van der Waals surface area contributed by atoms with E-state index in [0.717, 1.165) is 17.8 Å². The highest BCUT2D eigenvalue weighted by molar-refractivity contribution is 5.98. The van der Waals surface area contributed by atoms with E-state index < -0.39 is 73.1 Å². The summed E-state index contributed by atoms with van der Waals surface area (Å²) in [6, 6.07) is 7.73. The van der Waals surface area contributed by atoms with Gasteiger partial charge in [0.15, 0.2) is 28.9 Å². The number of ketones is 1. The topological polar surface area (TPSA) is 275 Å². The van der Waals surface area contributed by atoms with Crippen LogP contribution in [0.3, 0.4) is 0 Å². The van der Waals surface area contributed by atoms with Crippen LogP contribution in [-0.4, -0.2) is 82.2 Å². The molecule has 0 saturated carbocycles. The van der Waals surface area contributed by atoms with E-state index in [9.17, 15) is 38.2 Å². The first-order chi connectivity index (χ1) is 23.6. The van der Waals surface area contributed by atoms with Crippen molar-refractivity contribution in [1.82, 2.24) is 29.5 Å². The second-order valence-corrected chi connectivity index (χ2v) is 11.8. The van der Waals surface area contributed by atoms with Gasteiger partial charge in [-0.2, -0.15) is 23.7 Å². The zero-order chi connectivity index (χ0) is 36.3. The molecule has 1 aliphatic rings. The molecule has 1 fully saturated rings. The lowest BCUT2D eigenvalue weighted by Gasteiger charge is -2.20. The monoisotopic (exact) mass is 697 g/mol. The third-order valence-corrected chi connectivity index (χ3v) is 8.19. The largest absolute Gasteiger partial charge is 0.481 e. The lowest BCUT2D eigenvalue weighted by Crippen LogP contribution is -2.42. The summed E-state index contributed by atoms with van der Waals surface area (Å²) in [4.78, 5) is 69.3. The molecule has 1 saturated heterocycles. The van der Waals surface area contributed by atoms with Crippen LogP contribution in [0.2, 0.25) is 0 Å². The second-order valence-electron chi connectivity index (χ2n) is 11.8. The first kappa shape index (κ1) is 35.6. The molecule has 0 amide bonds. The van der Waals surface area contributed by atoms with E-state index in [2.05, 4.69) is 24.9 Å². The summed E-state index contributed by atoms with van der Waals surface area (Å²) in [5.74, 6) is -8.11. The van der Waals surface area contributed by atoms with Gasteiger partial charge in [-0.15, -0.1) is 0 Å². The van der Waals surface area contributed by atoms with Crippen LogP contribution in [0.1, 0.15) is 59.9 Å². The number of aliphatic hydroxyl groups is 1. The zero-order valence-corrected chi connectivity index (χ0v) is 26.5. The average molecular weight is 698 g/mol. The predicted molar refractivity (Wildman–Crippen MR) is 171 cm³/mol. The number of aromatic nitrogens is 6. The number of alkyl halides is 2. The number of nitrogens with zero attached hydrogens (tertiary/aromatic N) is 6. The Hall–Kier alpha value is -5.69. The van der Waals surface area contributed by atoms with Crippen LogP contribution in [0.4, 0.5) is 26.4 Å². The number of esters is 1. The summed E-state index contributed by atoms with van der Waals surface area (Å²) in [5, 5.41) is 19.8. The molecule has 5 atom stereocenters. The molecule has 17 nitrogen and oxygen atoms in total. The highest BCUT2D eigenvalue weighted by Crippen LogP contribution is 2.42. The van der Waals surface area contributed by atoms with Crippen molar-refractivity contribution >= 4 is 46.5 Å². The number of carbonyl (C=O) groups is 3. The average Bonchev–Trinajstić information content (AvgIpc) is 3.29. The predicted octanol–water partition coefficient (Wildman–Crippen LogP) is 1.26. The fourth-order valence-electron chi connectivity index (χ4n) is 5.41. The molecule has 1 aromatic carbocycles. The molecule has 0 spiro atoms. The molecule has 50 heavy (non-hydrogen) atoms. The van der Waals surface area contributed by atoms with Gasteiger partial charge in [0.05, 0.1) is 17.8 Å². The molecule has 4 heterocycles. The van der Waals surface area contributed by atoms with E-state index in [1.165, 1.54) is 0 Å². The maximum Gasteiger partial charge on any atom is 0.351 e. The number of aliphatic carboxylic acids is 1. The van der Waals surface area contributed by atoms with Gasteiger partial charge in [-0.1, -0.05) is 31.2 Å². The van der Waals surface area contributed by atoms with E-state index in [4.69, 9.17) is 26.7 Å². The summed E-state index contributed by atoms with van der Waals surface area (Å²) in [5.41, 5.74) is 18.1. The number of carbonyl (C=O) groups excluding carboxylic acids is 2. The fourth-order valence-corrected chi connectivity index (χ4v) is 5.41. The van der Waals surface area contributed by atoms with E-state index in [1.807, 2.05) is 6.92 Å². The summed E-state index contributed by atoms with van der Waals surface area (Å²) in [7, 11) is 0. The van der Waals surface area contributed by atoms with Gasteiger partial charge in [0.1, 0.15) is 18.5 Å². The Morgan fingerprint density at radius 2 is 1.80 bits per heavy atom. The van der Waals surface area contributed by atoms with E-state index in [0.29, 0.717) is 22.2 Å². The number of aliphatic hydroxyl groups excluding tert-OH is 1. The van der Waals surface area contributed by atoms with Crippen molar-refractivity contribution < 1.29 is 42.9 Å². The number of rotatable bonds is 13. The van der Waals surface area contributed by atoms with Crippen molar-refractivity contribution in [2.45, 2.75) is 62.9 Å². The lowest BCUT2D eigenvalue weighted by atomic mass is 9.91. The van der Waals surface area contributed by atoms with Crippen LogP contribution in [0.25, 0.3) is 11.2 Å². The number of anilines is 3. The number of hydrogen-bond acceptors (Lipinski definition) is 15. The molecule has 264 valence electrons. The molecule has 3 unspecified atom stereocenters. The van der Waals surface area contributed by atoms with Crippen molar-refractivity contribution in [3.05, 3.63) is 70.0 Å². The third-order valence-electron chi connectivity index (χ3n) is 8.19. The molecule has 5 rings (SSSR count). The molecule has 19 heteroatoms. The molecule has 0 bridgehead atoms. The summed E-state index contributed by atoms with van der Waals surface area (Å²) >= 11 is 0. The number of nitrogens with two attached hydrogens (primary N) is 3. The van der Waals surface area contributed by atoms with Crippen molar-refractivity contribution in [2.75, 3.05) is 23.8 Å². The van der Waals surface area contributed by atoms with Crippen molar-refractivity contribution in [2.24, 2.45) is 5.92 Å². The Bertz CT molecular complexity index is 1980. The van der Waals surface area contributed by atoms with Crippen molar-refractivity contribution in [3.8, 4) is 0 Å². The molecule has 4 aromatic rings. The zero-order valence-electron chi connectivity index (χ0n) is 26.5. The van der Waals surface area contributed by atoms with Crippen molar-refractivity contribution in [3.63, 3.8) is 0 Å². The number of carboxylic acids is 1. The van der Waals surface area contributed by atoms with E-state index in [1.54, 1.807) is 30.5 Å². The SMILES string of the molecule is CC(Cc1cnc2nc(N)nc(N)c2n1)c1ccc(C(=O)CC(CCC(=O)OC[C@H]2O[C@@H](n3ccc(N)nc3=O)C(F)(F)C2O)C(=O)O)cc1. The Morgan fingerprint density at radius 3 is 2.48 bits per heavy atom. The molecular formula is C31H33F2N9O8. The summed E-state index contributed by atoms with van der Waals surface area (Å²) in [6.45, 7) is 1.14. The van der Waals surface area contributed by atoms with Gasteiger partial charge >= 0.3 is 23.6 Å². The van der Waals surface area contributed by atoms with Gasteiger partial charge in [-0.25, -0.2) is 14.8 Å². The number of ether oxygens (including phenoxy) is 2. The van der Waals surface area contributed by atoms with Crippen LogP contribution in [0.5, 0.6) is 0 Å². The Balaban J connectivity index is 1.12. The minimum Gasteiger partial charge on any atom is -0.481 e. The van der Waals surface area contributed by atoms with Crippen LogP contribution in [0, 0.1) is 5.92 Å². The highest BCUT2D eigenvalue weighted by atomic mass is 19.3. The smallest absolute Gasteiger partial charge is 0.351 e.